The maximum atomic E-state index is 11.2. The molecule has 4 heteroatoms. The predicted molar refractivity (Wildman–Crippen MR) is 65.3 cm³/mol. The third-order valence-electron chi connectivity index (χ3n) is 2.70. The number of nitrogens with zero attached hydrogens (tertiary/aromatic N) is 1. The second-order valence-electron chi connectivity index (χ2n) is 3.80. The summed E-state index contributed by atoms with van der Waals surface area (Å²) in [5, 5.41) is 0.978. The summed E-state index contributed by atoms with van der Waals surface area (Å²) in [6, 6.07) is 9.20. The number of pyridine rings is 1. The second kappa shape index (κ2) is 4.93. The van der Waals surface area contributed by atoms with Crippen LogP contribution < -0.4 is 5.73 Å². The third kappa shape index (κ3) is 2.42. The van der Waals surface area contributed by atoms with Crippen LogP contribution >= 0.6 is 0 Å². The van der Waals surface area contributed by atoms with Crippen LogP contribution in [0.25, 0.3) is 10.9 Å². The van der Waals surface area contributed by atoms with Gasteiger partial charge < -0.3 is 10.5 Å². The molecule has 2 N–H and O–H groups in total. The number of nitrogens with two attached hydrogens (primary N) is 1. The molecule has 0 saturated heterocycles. The van der Waals surface area contributed by atoms with Crippen LogP contribution in [0.3, 0.4) is 0 Å². The number of carbonyl (C=O) groups excluding carboxylic acids is 1. The highest BCUT2D eigenvalue weighted by Gasteiger charge is 2.14. The van der Waals surface area contributed by atoms with Crippen molar-refractivity contribution >= 4 is 16.9 Å². The van der Waals surface area contributed by atoms with E-state index in [-0.39, 0.29) is 18.4 Å². The lowest BCUT2D eigenvalue weighted by molar-refractivity contribution is -0.141. The van der Waals surface area contributed by atoms with Crippen LogP contribution in [0.2, 0.25) is 0 Å². The van der Waals surface area contributed by atoms with Crippen LogP contribution in [-0.2, 0) is 9.53 Å². The highest BCUT2D eigenvalue weighted by atomic mass is 16.5. The number of rotatable bonds is 3. The molecular weight excluding hydrogens is 216 g/mol. The van der Waals surface area contributed by atoms with Gasteiger partial charge in [0, 0.05) is 17.6 Å². The van der Waals surface area contributed by atoms with Crippen LogP contribution in [0.4, 0.5) is 0 Å². The van der Waals surface area contributed by atoms with E-state index in [2.05, 4.69) is 9.72 Å². The first-order valence-corrected chi connectivity index (χ1v) is 5.38. The lowest BCUT2D eigenvalue weighted by atomic mass is 10.0. The summed E-state index contributed by atoms with van der Waals surface area (Å²) in [6.07, 6.45) is 1.87. The Morgan fingerprint density at radius 1 is 1.41 bits per heavy atom. The lowest BCUT2D eigenvalue weighted by Gasteiger charge is -2.12. The van der Waals surface area contributed by atoms with Crippen molar-refractivity contribution in [2.75, 3.05) is 7.11 Å². The molecule has 0 bridgehead atoms. The molecule has 17 heavy (non-hydrogen) atoms. The van der Waals surface area contributed by atoms with Crippen molar-refractivity contribution in [3.8, 4) is 0 Å². The van der Waals surface area contributed by atoms with Gasteiger partial charge in [0.25, 0.3) is 0 Å². The van der Waals surface area contributed by atoms with Gasteiger partial charge >= 0.3 is 5.97 Å². The fraction of sp³-hybridized carbons (Fsp3) is 0.231. The van der Waals surface area contributed by atoms with Gasteiger partial charge in [0.2, 0.25) is 0 Å². The molecular formula is C13H14N2O2. The molecule has 0 radical (unpaired) electrons. The number of ether oxygens (including phenoxy) is 1. The quantitative estimate of drug-likeness (QED) is 0.816. The van der Waals surface area contributed by atoms with Gasteiger partial charge in [0.05, 0.1) is 19.0 Å². The Kier molecular flexibility index (Phi) is 3.35. The lowest BCUT2D eigenvalue weighted by Crippen LogP contribution is -2.16. The average Bonchev–Trinajstić information content (AvgIpc) is 2.37. The third-order valence-corrected chi connectivity index (χ3v) is 2.70. The summed E-state index contributed by atoms with van der Waals surface area (Å²) in [6.45, 7) is 0. The van der Waals surface area contributed by atoms with Gasteiger partial charge in [-0.25, -0.2) is 0 Å². The molecule has 1 aromatic carbocycles. The minimum Gasteiger partial charge on any atom is -0.469 e. The van der Waals surface area contributed by atoms with Gasteiger partial charge in [-0.1, -0.05) is 18.2 Å². The van der Waals surface area contributed by atoms with E-state index in [0.29, 0.717) is 0 Å². The van der Waals surface area contributed by atoms with Crippen molar-refractivity contribution < 1.29 is 9.53 Å². The van der Waals surface area contributed by atoms with Crippen molar-refractivity contribution in [1.82, 2.24) is 4.98 Å². The number of carbonyl (C=O) groups is 1. The summed E-state index contributed by atoms with van der Waals surface area (Å²) in [7, 11) is 1.36. The smallest absolute Gasteiger partial charge is 0.307 e. The Bertz CT molecular complexity index is 534. The molecule has 88 valence electrons. The number of benzene rings is 1. The topological polar surface area (TPSA) is 65.2 Å². The standard InChI is InChI=1S/C13H14N2O2/c1-17-13(16)8-11(14)9-6-7-15-12-5-3-2-4-10(9)12/h2-7,11H,8,14H2,1H3/t11-/m1/s1. The van der Waals surface area contributed by atoms with E-state index in [1.807, 2.05) is 30.3 Å². The number of esters is 1. The van der Waals surface area contributed by atoms with Crippen LogP contribution in [0, 0.1) is 0 Å². The molecule has 0 fully saturated rings. The van der Waals surface area contributed by atoms with Gasteiger partial charge in [-0.2, -0.15) is 0 Å². The zero-order valence-electron chi connectivity index (χ0n) is 9.59. The fourth-order valence-corrected chi connectivity index (χ4v) is 1.81. The van der Waals surface area contributed by atoms with Gasteiger partial charge in [0.1, 0.15) is 0 Å². The average molecular weight is 230 g/mol. The molecule has 1 aromatic heterocycles. The van der Waals surface area contributed by atoms with Crippen LogP contribution in [0.5, 0.6) is 0 Å². The molecule has 1 heterocycles. The van der Waals surface area contributed by atoms with E-state index in [1.54, 1.807) is 6.20 Å². The Hall–Kier alpha value is -1.94. The summed E-state index contributed by atoms with van der Waals surface area (Å²) in [5.41, 5.74) is 7.81. The summed E-state index contributed by atoms with van der Waals surface area (Å²) < 4.78 is 4.62. The van der Waals surface area contributed by atoms with Gasteiger partial charge in [-0.15, -0.1) is 0 Å². The number of para-hydroxylation sites is 1. The first-order chi connectivity index (χ1) is 8.22. The van der Waals surface area contributed by atoms with Crippen LogP contribution in [-0.4, -0.2) is 18.1 Å². The predicted octanol–water partition coefficient (Wildman–Crippen LogP) is 1.80. The molecule has 0 aliphatic rings. The number of aromatic nitrogens is 1. The Morgan fingerprint density at radius 3 is 2.94 bits per heavy atom. The van der Waals surface area contributed by atoms with Gasteiger partial charge in [-0.3, -0.25) is 9.78 Å². The van der Waals surface area contributed by atoms with Crippen molar-refractivity contribution in [3.05, 3.63) is 42.1 Å². The number of methoxy groups -OCH3 is 1. The summed E-state index contributed by atoms with van der Waals surface area (Å²) in [5.74, 6) is -0.307. The normalized spacial score (nSPS) is 12.4. The first-order valence-electron chi connectivity index (χ1n) is 5.38. The highest BCUT2D eigenvalue weighted by molar-refractivity contribution is 5.83. The number of hydrogen-bond acceptors (Lipinski definition) is 4. The van der Waals surface area contributed by atoms with E-state index >= 15 is 0 Å². The molecule has 4 nitrogen and oxygen atoms in total. The minimum atomic E-state index is -0.365. The molecule has 0 saturated carbocycles. The highest BCUT2D eigenvalue weighted by Crippen LogP contribution is 2.23. The van der Waals surface area contributed by atoms with Crippen LogP contribution in [0.15, 0.2) is 36.5 Å². The Balaban J connectivity index is 2.38. The second-order valence-corrected chi connectivity index (χ2v) is 3.80. The van der Waals surface area contributed by atoms with E-state index in [0.717, 1.165) is 16.5 Å². The Labute approximate surface area is 99.4 Å². The molecule has 0 aliphatic heterocycles. The first kappa shape index (κ1) is 11.5. The summed E-state index contributed by atoms with van der Waals surface area (Å²) in [4.78, 5) is 15.5. The number of fused-ring (bicyclic) bond motifs is 1. The van der Waals surface area contributed by atoms with E-state index in [9.17, 15) is 4.79 Å². The fourth-order valence-electron chi connectivity index (χ4n) is 1.81. The summed E-state index contributed by atoms with van der Waals surface area (Å²) >= 11 is 0. The molecule has 2 aromatic rings. The molecule has 0 amide bonds. The SMILES string of the molecule is COC(=O)C[C@@H](N)c1ccnc2ccccc12. The van der Waals surface area contributed by atoms with Crippen molar-refractivity contribution in [2.45, 2.75) is 12.5 Å². The maximum Gasteiger partial charge on any atom is 0.307 e. The molecule has 0 spiro atoms. The van der Waals surface area contributed by atoms with Crippen molar-refractivity contribution in [3.63, 3.8) is 0 Å². The van der Waals surface area contributed by atoms with Gasteiger partial charge in [-0.05, 0) is 17.7 Å². The molecule has 0 aliphatic carbocycles. The molecule has 0 unspecified atom stereocenters. The molecule has 1 atom stereocenters. The zero-order chi connectivity index (χ0) is 12.3. The van der Waals surface area contributed by atoms with Gasteiger partial charge in [0.15, 0.2) is 0 Å². The molecule has 2 rings (SSSR count). The monoisotopic (exact) mass is 230 g/mol. The maximum absolute atomic E-state index is 11.2. The van der Waals surface area contributed by atoms with E-state index in [4.69, 9.17) is 5.73 Å². The largest absolute Gasteiger partial charge is 0.469 e. The van der Waals surface area contributed by atoms with E-state index in [1.165, 1.54) is 7.11 Å². The number of hydrogen-bond donors (Lipinski definition) is 1. The Morgan fingerprint density at radius 2 is 2.18 bits per heavy atom. The van der Waals surface area contributed by atoms with Crippen molar-refractivity contribution in [1.29, 1.82) is 0 Å². The van der Waals surface area contributed by atoms with Crippen LogP contribution in [0.1, 0.15) is 18.0 Å². The van der Waals surface area contributed by atoms with E-state index < -0.39 is 0 Å². The minimum absolute atomic E-state index is 0.171. The zero-order valence-corrected chi connectivity index (χ0v) is 9.59. The van der Waals surface area contributed by atoms with Crippen molar-refractivity contribution in [2.24, 2.45) is 5.73 Å².